The molecule has 28 heavy (non-hydrogen) atoms. The Morgan fingerprint density at radius 1 is 1.25 bits per heavy atom. The van der Waals surface area contributed by atoms with Crippen molar-refractivity contribution in [3.63, 3.8) is 0 Å². The average molecular weight is 381 g/mol. The second-order valence-corrected chi connectivity index (χ2v) is 6.78. The van der Waals surface area contributed by atoms with E-state index in [1.54, 1.807) is 30.1 Å². The van der Waals surface area contributed by atoms with Gasteiger partial charge < -0.3 is 14.6 Å². The molecule has 1 N–H and O–H groups in total. The molecule has 0 aliphatic heterocycles. The summed E-state index contributed by atoms with van der Waals surface area (Å²) in [6.07, 6.45) is 2.53. The van der Waals surface area contributed by atoms with Crippen LogP contribution in [0, 0.1) is 20.8 Å². The SMILES string of the molecule is Cc1ccc(C(=O)N(C)Cc2c(C)nn(C)c2C)cc1NC(=O)c1cnco1. The summed E-state index contributed by atoms with van der Waals surface area (Å²) in [5.74, 6) is -0.450. The summed E-state index contributed by atoms with van der Waals surface area (Å²) in [6.45, 7) is 6.23. The van der Waals surface area contributed by atoms with Crippen LogP contribution in [0.5, 0.6) is 0 Å². The van der Waals surface area contributed by atoms with E-state index in [0.717, 1.165) is 22.5 Å². The first-order chi connectivity index (χ1) is 13.3. The van der Waals surface area contributed by atoms with Gasteiger partial charge in [-0.2, -0.15) is 5.10 Å². The maximum Gasteiger partial charge on any atom is 0.293 e. The fraction of sp³-hybridized carbons (Fsp3) is 0.300. The predicted molar refractivity (Wildman–Crippen MR) is 104 cm³/mol. The first-order valence-electron chi connectivity index (χ1n) is 8.83. The quantitative estimate of drug-likeness (QED) is 0.733. The number of carbonyl (C=O) groups excluding carboxylic acids is 2. The van der Waals surface area contributed by atoms with Crippen LogP contribution in [0.15, 0.2) is 35.2 Å². The number of hydrogen-bond acceptors (Lipinski definition) is 5. The fourth-order valence-corrected chi connectivity index (χ4v) is 2.98. The molecule has 0 saturated heterocycles. The fourth-order valence-electron chi connectivity index (χ4n) is 2.98. The van der Waals surface area contributed by atoms with E-state index in [0.29, 0.717) is 17.8 Å². The largest absolute Gasteiger partial charge is 0.438 e. The molecular formula is C20H23N5O3. The van der Waals surface area contributed by atoms with Crippen LogP contribution in [0.1, 0.15) is 43.4 Å². The van der Waals surface area contributed by atoms with Crippen LogP contribution < -0.4 is 5.32 Å². The Balaban J connectivity index is 1.79. The molecule has 0 spiro atoms. The molecule has 146 valence electrons. The maximum atomic E-state index is 12.9. The van der Waals surface area contributed by atoms with Gasteiger partial charge in [0.1, 0.15) is 0 Å². The number of aromatic nitrogens is 3. The zero-order valence-corrected chi connectivity index (χ0v) is 16.6. The highest BCUT2D eigenvalue weighted by molar-refractivity contribution is 6.03. The molecular weight excluding hydrogens is 358 g/mol. The highest BCUT2D eigenvalue weighted by Crippen LogP contribution is 2.20. The Morgan fingerprint density at radius 2 is 2.00 bits per heavy atom. The molecule has 8 nitrogen and oxygen atoms in total. The highest BCUT2D eigenvalue weighted by atomic mass is 16.3. The normalized spacial score (nSPS) is 10.8. The summed E-state index contributed by atoms with van der Waals surface area (Å²) in [4.78, 5) is 30.5. The summed E-state index contributed by atoms with van der Waals surface area (Å²) < 4.78 is 6.82. The van der Waals surface area contributed by atoms with Crippen molar-refractivity contribution in [3.8, 4) is 0 Å². The molecule has 0 aliphatic carbocycles. The molecule has 2 heterocycles. The Labute approximate surface area is 163 Å². The number of amides is 2. The number of oxazole rings is 1. The molecule has 0 fully saturated rings. The average Bonchev–Trinajstić information content (AvgIpc) is 3.28. The number of rotatable bonds is 5. The molecule has 0 unspecified atom stereocenters. The van der Waals surface area contributed by atoms with Crippen molar-refractivity contribution in [2.75, 3.05) is 12.4 Å². The van der Waals surface area contributed by atoms with Gasteiger partial charge in [0.25, 0.3) is 11.8 Å². The molecule has 1 aromatic carbocycles. The van der Waals surface area contributed by atoms with Crippen molar-refractivity contribution < 1.29 is 14.0 Å². The number of anilines is 1. The van der Waals surface area contributed by atoms with E-state index in [1.165, 1.54) is 12.6 Å². The maximum absolute atomic E-state index is 12.9. The molecule has 0 saturated carbocycles. The lowest BCUT2D eigenvalue weighted by molar-refractivity contribution is 0.0784. The topological polar surface area (TPSA) is 93.3 Å². The molecule has 2 amide bonds. The van der Waals surface area contributed by atoms with E-state index in [-0.39, 0.29) is 11.7 Å². The van der Waals surface area contributed by atoms with E-state index >= 15 is 0 Å². The summed E-state index contributed by atoms with van der Waals surface area (Å²) in [7, 11) is 3.64. The van der Waals surface area contributed by atoms with Crippen LogP contribution in [0.2, 0.25) is 0 Å². The first kappa shape index (κ1) is 19.3. The van der Waals surface area contributed by atoms with Gasteiger partial charge in [-0.05, 0) is 38.5 Å². The van der Waals surface area contributed by atoms with Crippen LogP contribution in [0.3, 0.4) is 0 Å². The van der Waals surface area contributed by atoms with Crippen LogP contribution in [0.4, 0.5) is 5.69 Å². The number of nitrogens with zero attached hydrogens (tertiary/aromatic N) is 4. The molecule has 3 aromatic rings. The minimum atomic E-state index is -0.417. The van der Waals surface area contributed by atoms with Gasteiger partial charge >= 0.3 is 0 Å². The number of carbonyl (C=O) groups is 2. The molecule has 8 heteroatoms. The van der Waals surface area contributed by atoms with Crippen molar-refractivity contribution in [1.82, 2.24) is 19.7 Å². The Bertz CT molecular complexity index is 1020. The third-order valence-corrected chi connectivity index (χ3v) is 4.79. The lowest BCUT2D eigenvalue weighted by Gasteiger charge is -2.18. The van der Waals surface area contributed by atoms with E-state index in [4.69, 9.17) is 4.42 Å². The molecule has 0 atom stereocenters. The molecule has 0 radical (unpaired) electrons. The summed E-state index contributed by atoms with van der Waals surface area (Å²) in [6, 6.07) is 5.23. The Hall–Kier alpha value is -3.42. The third-order valence-electron chi connectivity index (χ3n) is 4.79. The monoisotopic (exact) mass is 381 g/mol. The number of aryl methyl sites for hydroxylation is 3. The standard InChI is InChI=1S/C20H23N5O3/c1-12-6-7-15(8-17(12)22-19(26)18-9-21-11-28-18)20(27)24(4)10-16-13(2)23-25(5)14(16)3/h6-9,11H,10H2,1-5H3,(H,22,26). The van der Waals surface area contributed by atoms with Gasteiger partial charge in [-0.1, -0.05) is 6.07 Å². The van der Waals surface area contributed by atoms with Crippen LogP contribution in [0.25, 0.3) is 0 Å². The summed E-state index contributed by atoms with van der Waals surface area (Å²) in [5, 5.41) is 7.16. The number of nitrogens with one attached hydrogen (secondary N) is 1. The van der Waals surface area contributed by atoms with Gasteiger partial charge in [-0.25, -0.2) is 4.98 Å². The molecule has 2 aromatic heterocycles. The zero-order chi connectivity index (χ0) is 20.4. The van der Waals surface area contributed by atoms with Crippen LogP contribution in [-0.2, 0) is 13.6 Å². The van der Waals surface area contributed by atoms with E-state index in [1.807, 2.05) is 32.5 Å². The van der Waals surface area contributed by atoms with Crippen LogP contribution in [-0.4, -0.2) is 38.5 Å². The number of hydrogen-bond donors (Lipinski definition) is 1. The summed E-state index contributed by atoms with van der Waals surface area (Å²) in [5.41, 5.74) is 4.84. The van der Waals surface area contributed by atoms with Gasteiger partial charge in [-0.3, -0.25) is 14.3 Å². The van der Waals surface area contributed by atoms with Crippen molar-refractivity contribution in [2.45, 2.75) is 27.3 Å². The molecule has 0 bridgehead atoms. The van der Waals surface area contributed by atoms with Gasteiger partial charge in [0.05, 0.1) is 11.9 Å². The third kappa shape index (κ3) is 3.80. The minimum absolute atomic E-state index is 0.107. The van der Waals surface area contributed by atoms with Gasteiger partial charge in [0.15, 0.2) is 6.39 Å². The van der Waals surface area contributed by atoms with Crippen LogP contribution >= 0.6 is 0 Å². The minimum Gasteiger partial charge on any atom is -0.438 e. The Kier molecular flexibility index (Phi) is 5.30. The number of benzene rings is 1. The van der Waals surface area contributed by atoms with Gasteiger partial charge in [-0.15, -0.1) is 0 Å². The lowest BCUT2D eigenvalue weighted by atomic mass is 10.1. The molecule has 3 rings (SSSR count). The van der Waals surface area contributed by atoms with E-state index in [9.17, 15) is 9.59 Å². The highest BCUT2D eigenvalue weighted by Gasteiger charge is 2.18. The second kappa shape index (κ2) is 7.67. The summed E-state index contributed by atoms with van der Waals surface area (Å²) >= 11 is 0. The van der Waals surface area contributed by atoms with E-state index < -0.39 is 5.91 Å². The van der Waals surface area contributed by atoms with Crippen molar-refractivity contribution >= 4 is 17.5 Å². The second-order valence-electron chi connectivity index (χ2n) is 6.78. The van der Waals surface area contributed by atoms with Crippen molar-refractivity contribution in [3.05, 3.63) is 64.6 Å². The van der Waals surface area contributed by atoms with Gasteiger partial charge in [0, 0.05) is 43.1 Å². The van der Waals surface area contributed by atoms with Crippen molar-refractivity contribution in [1.29, 1.82) is 0 Å². The van der Waals surface area contributed by atoms with E-state index in [2.05, 4.69) is 15.4 Å². The lowest BCUT2D eigenvalue weighted by Crippen LogP contribution is -2.27. The zero-order valence-electron chi connectivity index (χ0n) is 16.6. The van der Waals surface area contributed by atoms with Gasteiger partial charge in [0.2, 0.25) is 5.76 Å². The smallest absolute Gasteiger partial charge is 0.293 e. The first-order valence-corrected chi connectivity index (χ1v) is 8.83. The predicted octanol–water partition coefficient (Wildman–Crippen LogP) is 2.86. The van der Waals surface area contributed by atoms with Crippen molar-refractivity contribution in [2.24, 2.45) is 7.05 Å². The molecule has 0 aliphatic rings. The Morgan fingerprint density at radius 3 is 2.61 bits per heavy atom.